The standard InChI is InChI=1S/C20H13NO2/c22-19-15-8-4-5-9-16(15)20(23)18(19)14-10-11-21-17(12-14)13-6-2-1-3-7-13/h1-11H,12H2. The van der Waals surface area contributed by atoms with Gasteiger partial charge in [-0.15, -0.1) is 0 Å². The number of aliphatic imine (C=N–C) groups is 1. The van der Waals surface area contributed by atoms with Crippen molar-refractivity contribution in [3.05, 3.63) is 94.7 Å². The van der Waals surface area contributed by atoms with Gasteiger partial charge in [-0.2, -0.15) is 0 Å². The van der Waals surface area contributed by atoms with Crippen molar-refractivity contribution in [3.63, 3.8) is 0 Å². The Morgan fingerprint density at radius 2 is 1.39 bits per heavy atom. The van der Waals surface area contributed by atoms with Crippen LogP contribution in [0.25, 0.3) is 0 Å². The molecule has 3 heteroatoms. The number of hydrogen-bond acceptors (Lipinski definition) is 3. The van der Waals surface area contributed by atoms with E-state index in [-0.39, 0.29) is 17.1 Å². The van der Waals surface area contributed by atoms with E-state index >= 15 is 0 Å². The average Bonchev–Trinajstić information content (AvgIpc) is 2.87. The highest BCUT2D eigenvalue weighted by Gasteiger charge is 2.35. The zero-order valence-electron chi connectivity index (χ0n) is 12.3. The number of Topliss-reactive ketones (excluding diaryl/α,β-unsaturated/α-hetero) is 2. The third-order valence-electron chi connectivity index (χ3n) is 4.16. The number of nitrogens with zero attached hydrogens (tertiary/aromatic N) is 1. The third kappa shape index (κ3) is 2.18. The van der Waals surface area contributed by atoms with Gasteiger partial charge in [0.2, 0.25) is 0 Å². The SMILES string of the molecule is O=C1C(=C2C=CN=C(c3ccccc3)C2)C(=O)c2ccccc21. The Hall–Kier alpha value is -3.07. The predicted molar refractivity (Wildman–Crippen MR) is 88.9 cm³/mol. The van der Waals surface area contributed by atoms with E-state index < -0.39 is 0 Å². The number of ketones is 2. The largest absolute Gasteiger partial charge is 0.288 e. The van der Waals surface area contributed by atoms with Gasteiger partial charge in [0.25, 0.3) is 0 Å². The molecule has 3 nitrogen and oxygen atoms in total. The zero-order chi connectivity index (χ0) is 15.8. The lowest BCUT2D eigenvalue weighted by atomic mass is 9.94. The summed E-state index contributed by atoms with van der Waals surface area (Å²) < 4.78 is 0. The predicted octanol–water partition coefficient (Wildman–Crippen LogP) is 3.77. The summed E-state index contributed by atoms with van der Waals surface area (Å²) in [5, 5.41) is 0. The first-order valence-electron chi connectivity index (χ1n) is 7.46. The summed E-state index contributed by atoms with van der Waals surface area (Å²) in [4.78, 5) is 29.6. The van der Waals surface area contributed by atoms with Crippen LogP contribution in [0.5, 0.6) is 0 Å². The highest BCUT2D eigenvalue weighted by Crippen LogP contribution is 2.31. The minimum Gasteiger partial charge on any atom is -0.288 e. The van der Waals surface area contributed by atoms with Gasteiger partial charge in [0.15, 0.2) is 11.6 Å². The fourth-order valence-corrected chi connectivity index (χ4v) is 3.02. The summed E-state index contributed by atoms with van der Waals surface area (Å²) in [7, 11) is 0. The van der Waals surface area contributed by atoms with Crippen molar-refractivity contribution in [2.45, 2.75) is 6.42 Å². The maximum atomic E-state index is 12.6. The van der Waals surface area contributed by atoms with Crippen LogP contribution in [-0.4, -0.2) is 17.3 Å². The molecule has 0 aromatic heterocycles. The molecule has 110 valence electrons. The van der Waals surface area contributed by atoms with Gasteiger partial charge >= 0.3 is 0 Å². The molecule has 0 radical (unpaired) electrons. The van der Waals surface area contributed by atoms with E-state index in [9.17, 15) is 9.59 Å². The van der Waals surface area contributed by atoms with E-state index in [4.69, 9.17) is 0 Å². The molecule has 0 saturated heterocycles. The molecule has 0 unspecified atom stereocenters. The van der Waals surface area contributed by atoms with Crippen LogP contribution in [0.4, 0.5) is 0 Å². The van der Waals surface area contributed by atoms with Crippen molar-refractivity contribution in [2.75, 3.05) is 0 Å². The van der Waals surface area contributed by atoms with Gasteiger partial charge in [-0.25, -0.2) is 0 Å². The van der Waals surface area contributed by atoms with E-state index in [2.05, 4.69) is 4.99 Å². The molecule has 1 aliphatic carbocycles. The second-order valence-electron chi connectivity index (χ2n) is 5.54. The summed E-state index contributed by atoms with van der Waals surface area (Å²) in [5.74, 6) is -0.362. The zero-order valence-corrected chi connectivity index (χ0v) is 12.3. The molecule has 0 saturated carbocycles. The van der Waals surface area contributed by atoms with E-state index in [1.165, 1.54) is 0 Å². The monoisotopic (exact) mass is 299 g/mol. The Balaban J connectivity index is 1.77. The van der Waals surface area contributed by atoms with Crippen LogP contribution in [0.3, 0.4) is 0 Å². The maximum Gasteiger partial charge on any atom is 0.198 e. The average molecular weight is 299 g/mol. The molecule has 23 heavy (non-hydrogen) atoms. The molecular formula is C20H13NO2. The summed E-state index contributed by atoms with van der Waals surface area (Å²) >= 11 is 0. The van der Waals surface area contributed by atoms with Crippen molar-refractivity contribution >= 4 is 17.3 Å². The van der Waals surface area contributed by atoms with E-state index in [0.717, 1.165) is 16.8 Å². The fourth-order valence-electron chi connectivity index (χ4n) is 3.02. The van der Waals surface area contributed by atoms with Crippen molar-refractivity contribution < 1.29 is 9.59 Å². The van der Waals surface area contributed by atoms with Gasteiger partial charge in [0.1, 0.15) is 0 Å². The van der Waals surface area contributed by atoms with E-state index in [0.29, 0.717) is 17.5 Å². The van der Waals surface area contributed by atoms with E-state index in [1.807, 2.05) is 30.3 Å². The summed E-state index contributed by atoms with van der Waals surface area (Å²) in [6.45, 7) is 0. The molecule has 1 heterocycles. The maximum absolute atomic E-state index is 12.6. The van der Waals surface area contributed by atoms with Crippen molar-refractivity contribution in [1.82, 2.24) is 0 Å². The van der Waals surface area contributed by atoms with Crippen LogP contribution in [0.1, 0.15) is 32.7 Å². The summed E-state index contributed by atoms with van der Waals surface area (Å²) in [6.07, 6.45) is 3.92. The smallest absolute Gasteiger partial charge is 0.198 e. The third-order valence-corrected chi connectivity index (χ3v) is 4.16. The molecule has 2 aromatic carbocycles. The molecule has 0 fully saturated rings. The number of hydrogen-bond donors (Lipinski definition) is 0. The Morgan fingerprint density at radius 1 is 0.783 bits per heavy atom. The number of allylic oxidation sites excluding steroid dienone is 3. The van der Waals surface area contributed by atoms with Crippen LogP contribution in [0, 0.1) is 0 Å². The number of benzene rings is 2. The molecule has 0 bridgehead atoms. The second-order valence-corrected chi connectivity index (χ2v) is 5.54. The Morgan fingerprint density at radius 3 is 2.04 bits per heavy atom. The molecule has 2 aromatic rings. The lowest BCUT2D eigenvalue weighted by Crippen LogP contribution is -2.11. The molecule has 0 atom stereocenters. The number of carbonyl (C=O) groups is 2. The normalized spacial score (nSPS) is 16.6. The van der Waals surface area contributed by atoms with Crippen LogP contribution in [-0.2, 0) is 0 Å². The van der Waals surface area contributed by atoms with E-state index in [1.54, 1.807) is 36.5 Å². The van der Waals surface area contributed by atoms with Gasteiger partial charge in [0.05, 0.1) is 11.3 Å². The van der Waals surface area contributed by atoms with Gasteiger partial charge in [-0.1, -0.05) is 54.6 Å². The first-order valence-corrected chi connectivity index (χ1v) is 7.46. The number of fused-ring (bicyclic) bond motifs is 1. The topological polar surface area (TPSA) is 46.5 Å². The molecular weight excluding hydrogens is 286 g/mol. The van der Waals surface area contributed by atoms with Crippen LogP contribution in [0.2, 0.25) is 0 Å². The van der Waals surface area contributed by atoms with Gasteiger partial charge in [-0.3, -0.25) is 14.6 Å². The highest BCUT2D eigenvalue weighted by atomic mass is 16.2. The molecule has 1 aliphatic heterocycles. The van der Waals surface area contributed by atoms with Crippen LogP contribution in [0.15, 0.2) is 83.0 Å². The Kier molecular flexibility index (Phi) is 3.12. The first-order chi connectivity index (χ1) is 11.3. The highest BCUT2D eigenvalue weighted by molar-refractivity contribution is 6.40. The molecule has 4 rings (SSSR count). The van der Waals surface area contributed by atoms with Crippen LogP contribution < -0.4 is 0 Å². The molecule has 0 N–H and O–H groups in total. The van der Waals surface area contributed by atoms with Gasteiger partial charge in [-0.05, 0) is 17.2 Å². The second kappa shape index (κ2) is 5.29. The summed E-state index contributed by atoms with van der Waals surface area (Å²) in [5.41, 5.74) is 3.89. The quantitative estimate of drug-likeness (QED) is 0.594. The molecule has 0 spiro atoms. The minimum absolute atomic E-state index is 0.181. The Labute approximate surface area is 133 Å². The number of rotatable bonds is 1. The fraction of sp³-hybridized carbons (Fsp3) is 0.0500. The van der Waals surface area contributed by atoms with Crippen LogP contribution >= 0.6 is 0 Å². The first kappa shape index (κ1) is 13.6. The molecule has 0 amide bonds. The van der Waals surface area contributed by atoms with Crippen molar-refractivity contribution in [1.29, 1.82) is 0 Å². The van der Waals surface area contributed by atoms with Gasteiger partial charge in [0, 0.05) is 23.7 Å². The Bertz CT molecular complexity index is 881. The lowest BCUT2D eigenvalue weighted by Gasteiger charge is -2.12. The molecule has 2 aliphatic rings. The van der Waals surface area contributed by atoms with Crippen molar-refractivity contribution in [3.8, 4) is 0 Å². The minimum atomic E-state index is -0.181. The summed E-state index contributed by atoms with van der Waals surface area (Å²) in [6, 6.07) is 16.8. The number of carbonyl (C=O) groups excluding carboxylic acids is 2. The lowest BCUT2D eigenvalue weighted by molar-refractivity contribution is 0.0987. The van der Waals surface area contributed by atoms with Gasteiger partial charge < -0.3 is 0 Å². The van der Waals surface area contributed by atoms with Crippen molar-refractivity contribution in [2.24, 2.45) is 4.99 Å².